The molecule has 2 rings (SSSR count). The van der Waals surface area contributed by atoms with Crippen molar-refractivity contribution in [1.29, 1.82) is 0 Å². The normalized spacial score (nSPS) is 12.2. The molecule has 1 atom stereocenters. The van der Waals surface area contributed by atoms with Crippen molar-refractivity contribution < 1.29 is 18.7 Å². The fraction of sp³-hybridized carbons (Fsp3) is 0.353. The molecular formula is C17H21FN2O3. The molecule has 0 bridgehead atoms. The molecule has 0 saturated heterocycles. The van der Waals surface area contributed by atoms with Crippen molar-refractivity contribution in [2.75, 3.05) is 11.9 Å². The first-order chi connectivity index (χ1) is 11.0. The molecule has 0 aliphatic rings. The third kappa shape index (κ3) is 4.56. The minimum absolute atomic E-state index is 0.0224. The molecule has 6 heteroatoms. The van der Waals surface area contributed by atoms with Crippen LogP contribution in [0.15, 0.2) is 41.0 Å². The number of anilines is 1. The number of nitrogens with one attached hydrogen (secondary N) is 2. The van der Waals surface area contributed by atoms with Gasteiger partial charge in [-0.2, -0.15) is 0 Å². The summed E-state index contributed by atoms with van der Waals surface area (Å²) in [7, 11) is 0. The zero-order valence-electron chi connectivity index (χ0n) is 13.2. The molecule has 0 radical (unpaired) electrons. The van der Waals surface area contributed by atoms with Gasteiger partial charge in [0.15, 0.2) is 0 Å². The third-order valence-electron chi connectivity index (χ3n) is 3.58. The molecule has 3 N–H and O–H groups in total. The largest absolute Gasteiger partial charge is 0.464 e. The molecule has 1 aromatic carbocycles. The van der Waals surface area contributed by atoms with E-state index in [-0.39, 0.29) is 24.3 Å². The molecule has 0 fully saturated rings. The van der Waals surface area contributed by atoms with Crippen LogP contribution < -0.4 is 10.6 Å². The number of halogens is 1. The molecule has 2 aromatic rings. The number of aliphatic hydroxyl groups excluding tert-OH is 1. The summed E-state index contributed by atoms with van der Waals surface area (Å²) in [6.07, 6.45) is 1.97. The average molecular weight is 320 g/mol. The van der Waals surface area contributed by atoms with Gasteiger partial charge in [0.05, 0.1) is 12.0 Å². The second-order valence-corrected chi connectivity index (χ2v) is 5.63. The lowest BCUT2D eigenvalue weighted by Gasteiger charge is -2.21. The number of hydrogen-bond donors (Lipinski definition) is 3. The molecule has 0 aliphatic carbocycles. The minimum Gasteiger partial charge on any atom is -0.464 e. The van der Waals surface area contributed by atoms with E-state index in [4.69, 9.17) is 9.52 Å². The number of amides is 2. The smallest absolute Gasteiger partial charge is 0.319 e. The van der Waals surface area contributed by atoms with Crippen molar-refractivity contribution in [3.05, 3.63) is 42.4 Å². The average Bonchev–Trinajstić information content (AvgIpc) is 3.03. The van der Waals surface area contributed by atoms with E-state index in [1.165, 1.54) is 18.4 Å². The van der Waals surface area contributed by atoms with Crippen LogP contribution in [0.25, 0.3) is 11.3 Å². The second kappa shape index (κ2) is 7.78. The number of furan rings is 1. The Morgan fingerprint density at radius 2 is 2.13 bits per heavy atom. The fourth-order valence-corrected chi connectivity index (χ4v) is 2.26. The third-order valence-corrected chi connectivity index (χ3v) is 3.58. The predicted molar refractivity (Wildman–Crippen MR) is 86.6 cm³/mol. The summed E-state index contributed by atoms with van der Waals surface area (Å²) in [5.74, 6) is 0.222. The molecular weight excluding hydrogens is 299 g/mol. The lowest BCUT2D eigenvalue weighted by atomic mass is 10.0. The number of aliphatic hydroxyl groups is 1. The number of benzene rings is 1. The van der Waals surface area contributed by atoms with Gasteiger partial charge >= 0.3 is 6.03 Å². The zero-order valence-corrected chi connectivity index (χ0v) is 13.2. The van der Waals surface area contributed by atoms with Crippen LogP contribution in [0.5, 0.6) is 0 Å². The SMILES string of the molecule is CC(C)C(CCO)NC(=O)Nc1cc(-c2ccco2)ccc1F. The van der Waals surface area contributed by atoms with E-state index in [0.29, 0.717) is 17.7 Å². The van der Waals surface area contributed by atoms with E-state index in [9.17, 15) is 9.18 Å². The Kier molecular flexibility index (Phi) is 5.76. The summed E-state index contributed by atoms with van der Waals surface area (Å²) in [5.41, 5.74) is 0.741. The maximum atomic E-state index is 13.9. The van der Waals surface area contributed by atoms with Gasteiger partial charge in [0, 0.05) is 18.2 Å². The van der Waals surface area contributed by atoms with Crippen molar-refractivity contribution in [2.45, 2.75) is 26.3 Å². The van der Waals surface area contributed by atoms with E-state index >= 15 is 0 Å². The highest BCUT2D eigenvalue weighted by Gasteiger charge is 2.17. The second-order valence-electron chi connectivity index (χ2n) is 5.63. The van der Waals surface area contributed by atoms with Crippen LogP contribution in [0.2, 0.25) is 0 Å². The predicted octanol–water partition coefficient (Wildman–Crippen LogP) is 3.61. The van der Waals surface area contributed by atoms with Crippen LogP contribution >= 0.6 is 0 Å². The van der Waals surface area contributed by atoms with E-state index in [0.717, 1.165) is 0 Å². The summed E-state index contributed by atoms with van der Waals surface area (Å²) in [6, 6.07) is 7.18. The Morgan fingerprint density at radius 1 is 1.35 bits per heavy atom. The maximum Gasteiger partial charge on any atom is 0.319 e. The fourth-order valence-electron chi connectivity index (χ4n) is 2.26. The first kappa shape index (κ1) is 17.0. The van der Waals surface area contributed by atoms with Crippen molar-refractivity contribution in [3.8, 4) is 11.3 Å². The Bertz CT molecular complexity index is 641. The number of rotatable bonds is 6. The van der Waals surface area contributed by atoms with Crippen LogP contribution in [-0.4, -0.2) is 23.8 Å². The van der Waals surface area contributed by atoms with E-state index in [2.05, 4.69) is 10.6 Å². The highest BCUT2D eigenvalue weighted by molar-refractivity contribution is 5.90. The molecule has 0 saturated carbocycles. The number of urea groups is 1. The van der Waals surface area contributed by atoms with Crippen molar-refractivity contribution >= 4 is 11.7 Å². The Morgan fingerprint density at radius 3 is 2.74 bits per heavy atom. The van der Waals surface area contributed by atoms with Gasteiger partial charge in [-0.15, -0.1) is 0 Å². The monoisotopic (exact) mass is 320 g/mol. The molecule has 23 heavy (non-hydrogen) atoms. The van der Waals surface area contributed by atoms with Gasteiger partial charge in [0.25, 0.3) is 0 Å². The maximum absolute atomic E-state index is 13.9. The molecule has 0 spiro atoms. The lowest BCUT2D eigenvalue weighted by molar-refractivity contribution is 0.227. The summed E-state index contributed by atoms with van der Waals surface area (Å²) >= 11 is 0. The highest BCUT2D eigenvalue weighted by atomic mass is 19.1. The van der Waals surface area contributed by atoms with Gasteiger partial charge in [-0.05, 0) is 42.7 Å². The van der Waals surface area contributed by atoms with E-state index in [1.807, 2.05) is 13.8 Å². The van der Waals surface area contributed by atoms with Crippen LogP contribution in [-0.2, 0) is 0 Å². The molecule has 1 heterocycles. The zero-order chi connectivity index (χ0) is 16.8. The lowest BCUT2D eigenvalue weighted by Crippen LogP contribution is -2.41. The van der Waals surface area contributed by atoms with Crippen LogP contribution in [0, 0.1) is 11.7 Å². The number of carbonyl (C=O) groups is 1. The minimum atomic E-state index is -0.529. The van der Waals surface area contributed by atoms with Crippen LogP contribution in [0.1, 0.15) is 20.3 Å². The summed E-state index contributed by atoms with van der Waals surface area (Å²) in [5, 5.41) is 14.3. The Balaban J connectivity index is 2.09. The van der Waals surface area contributed by atoms with E-state index in [1.54, 1.807) is 18.2 Å². The van der Waals surface area contributed by atoms with Crippen molar-refractivity contribution in [2.24, 2.45) is 5.92 Å². The summed E-state index contributed by atoms with van der Waals surface area (Å²) in [4.78, 5) is 12.1. The van der Waals surface area contributed by atoms with Gasteiger partial charge in [0.1, 0.15) is 11.6 Å². The van der Waals surface area contributed by atoms with Crippen molar-refractivity contribution in [3.63, 3.8) is 0 Å². The first-order valence-electron chi connectivity index (χ1n) is 7.53. The quantitative estimate of drug-likeness (QED) is 0.761. The van der Waals surface area contributed by atoms with Gasteiger partial charge in [-0.1, -0.05) is 13.8 Å². The van der Waals surface area contributed by atoms with Gasteiger partial charge in [0.2, 0.25) is 0 Å². The highest BCUT2D eigenvalue weighted by Crippen LogP contribution is 2.25. The molecule has 0 aliphatic heterocycles. The van der Waals surface area contributed by atoms with Crippen LogP contribution in [0.4, 0.5) is 14.9 Å². The molecule has 1 aromatic heterocycles. The Labute approximate surface area is 134 Å². The molecule has 124 valence electrons. The first-order valence-corrected chi connectivity index (χ1v) is 7.53. The topological polar surface area (TPSA) is 74.5 Å². The number of carbonyl (C=O) groups excluding carboxylic acids is 1. The van der Waals surface area contributed by atoms with Crippen molar-refractivity contribution in [1.82, 2.24) is 5.32 Å². The van der Waals surface area contributed by atoms with Gasteiger partial charge in [-0.3, -0.25) is 0 Å². The van der Waals surface area contributed by atoms with Crippen LogP contribution in [0.3, 0.4) is 0 Å². The standard InChI is InChI=1S/C17H21FN2O3/c1-11(2)14(7-8-21)19-17(22)20-15-10-12(5-6-13(15)18)16-4-3-9-23-16/h3-6,9-11,14,21H,7-8H2,1-2H3,(H2,19,20,22). The summed E-state index contributed by atoms with van der Waals surface area (Å²) in [6.45, 7) is 3.86. The number of hydrogen-bond acceptors (Lipinski definition) is 3. The Hall–Kier alpha value is -2.34. The molecule has 2 amide bonds. The molecule has 1 unspecified atom stereocenters. The van der Waals surface area contributed by atoms with E-state index < -0.39 is 11.8 Å². The molecule has 5 nitrogen and oxygen atoms in total. The van der Waals surface area contributed by atoms with Gasteiger partial charge < -0.3 is 20.2 Å². The summed E-state index contributed by atoms with van der Waals surface area (Å²) < 4.78 is 19.2. The van der Waals surface area contributed by atoms with Gasteiger partial charge in [-0.25, -0.2) is 9.18 Å².